The van der Waals surface area contributed by atoms with Gasteiger partial charge < -0.3 is 10.1 Å². The first kappa shape index (κ1) is 17.1. The molecule has 0 amide bonds. The maximum atomic E-state index is 13.9. The van der Waals surface area contributed by atoms with Gasteiger partial charge >= 0.3 is 0 Å². The van der Waals surface area contributed by atoms with Gasteiger partial charge in [0.05, 0.1) is 18.8 Å². The zero-order chi connectivity index (χ0) is 15.1. The summed E-state index contributed by atoms with van der Waals surface area (Å²) >= 11 is 0. The average Bonchev–Trinajstić information content (AvgIpc) is 2.42. The molecule has 2 unspecified atom stereocenters. The van der Waals surface area contributed by atoms with Crippen molar-refractivity contribution in [3.63, 3.8) is 0 Å². The average molecular weight is 285 g/mol. The van der Waals surface area contributed by atoms with Crippen LogP contribution in [0.3, 0.4) is 0 Å². The number of hydrogen-bond donors (Lipinski definition) is 1. The highest BCUT2D eigenvalue weighted by Crippen LogP contribution is 2.21. The summed E-state index contributed by atoms with van der Waals surface area (Å²) < 4.78 is 33.0. The Morgan fingerprint density at radius 3 is 2.50 bits per heavy atom. The third kappa shape index (κ3) is 4.84. The van der Waals surface area contributed by atoms with E-state index < -0.39 is 11.6 Å². The molecule has 0 saturated heterocycles. The van der Waals surface area contributed by atoms with Gasteiger partial charge in [0.25, 0.3) is 0 Å². The number of ether oxygens (including phenoxy) is 1. The summed E-state index contributed by atoms with van der Waals surface area (Å²) in [6.07, 6.45) is 1.00. The van der Waals surface area contributed by atoms with E-state index in [0.29, 0.717) is 18.1 Å². The molecule has 0 fully saturated rings. The highest BCUT2D eigenvalue weighted by molar-refractivity contribution is 5.22. The van der Waals surface area contributed by atoms with Gasteiger partial charge in [-0.05, 0) is 31.9 Å². The van der Waals surface area contributed by atoms with Crippen LogP contribution in [0.2, 0.25) is 0 Å². The molecule has 0 radical (unpaired) electrons. The van der Waals surface area contributed by atoms with E-state index >= 15 is 0 Å². The highest BCUT2D eigenvalue weighted by Gasteiger charge is 2.19. The van der Waals surface area contributed by atoms with Crippen LogP contribution < -0.4 is 5.32 Å². The van der Waals surface area contributed by atoms with Gasteiger partial charge in [0, 0.05) is 5.56 Å². The van der Waals surface area contributed by atoms with Gasteiger partial charge in [-0.1, -0.05) is 32.9 Å². The van der Waals surface area contributed by atoms with Crippen molar-refractivity contribution in [1.29, 1.82) is 0 Å². The van der Waals surface area contributed by atoms with Gasteiger partial charge in [0.15, 0.2) is 11.6 Å². The van der Waals surface area contributed by atoms with Crippen molar-refractivity contribution in [2.45, 2.75) is 46.3 Å². The zero-order valence-electron chi connectivity index (χ0n) is 12.7. The SMILES string of the molecule is CCCNC(COC(C)C(C)C)c1cccc(F)c1F. The summed E-state index contributed by atoms with van der Waals surface area (Å²) in [5.74, 6) is -1.22. The second-order valence-corrected chi connectivity index (χ2v) is 5.43. The lowest BCUT2D eigenvalue weighted by Crippen LogP contribution is -2.30. The normalized spacial score (nSPS) is 14.6. The minimum atomic E-state index is -0.817. The highest BCUT2D eigenvalue weighted by atomic mass is 19.2. The molecule has 0 spiro atoms. The molecule has 2 nitrogen and oxygen atoms in total. The van der Waals surface area contributed by atoms with Gasteiger partial charge in [-0.25, -0.2) is 8.78 Å². The Morgan fingerprint density at radius 1 is 1.20 bits per heavy atom. The Labute approximate surface area is 120 Å². The molecule has 0 heterocycles. The minimum Gasteiger partial charge on any atom is -0.376 e. The molecule has 114 valence electrons. The lowest BCUT2D eigenvalue weighted by Gasteiger charge is -2.23. The first-order valence-electron chi connectivity index (χ1n) is 7.26. The molecular weight excluding hydrogens is 260 g/mol. The fourth-order valence-electron chi connectivity index (χ4n) is 1.81. The molecule has 1 aromatic carbocycles. The summed E-state index contributed by atoms with van der Waals surface area (Å²) in [7, 11) is 0. The standard InChI is InChI=1S/C16H25F2NO/c1-5-9-19-15(10-20-12(4)11(2)3)13-7-6-8-14(17)16(13)18/h6-8,11-12,15,19H,5,9-10H2,1-4H3. The van der Waals surface area contributed by atoms with E-state index in [4.69, 9.17) is 4.74 Å². The Bertz CT molecular complexity index is 409. The quantitative estimate of drug-likeness (QED) is 0.777. The second kappa shape index (κ2) is 8.32. The number of halogens is 2. The molecule has 0 aliphatic carbocycles. The third-order valence-electron chi connectivity index (χ3n) is 3.46. The first-order valence-corrected chi connectivity index (χ1v) is 7.26. The lowest BCUT2D eigenvalue weighted by molar-refractivity contribution is 0.0212. The maximum absolute atomic E-state index is 13.9. The largest absolute Gasteiger partial charge is 0.376 e. The molecule has 1 N–H and O–H groups in total. The monoisotopic (exact) mass is 285 g/mol. The predicted octanol–water partition coefficient (Wildman–Crippen LogP) is 4.07. The molecule has 20 heavy (non-hydrogen) atoms. The number of rotatable bonds is 8. The smallest absolute Gasteiger partial charge is 0.163 e. The molecule has 0 aliphatic heterocycles. The van der Waals surface area contributed by atoms with Crippen LogP contribution in [-0.2, 0) is 4.74 Å². The van der Waals surface area contributed by atoms with Gasteiger partial charge in [-0.3, -0.25) is 0 Å². The Hall–Kier alpha value is -1.00. The molecule has 4 heteroatoms. The van der Waals surface area contributed by atoms with Crippen molar-refractivity contribution < 1.29 is 13.5 Å². The molecule has 0 bridgehead atoms. The summed E-state index contributed by atoms with van der Waals surface area (Å²) in [5, 5.41) is 3.22. The van der Waals surface area contributed by atoms with Crippen LogP contribution in [0.1, 0.15) is 45.7 Å². The van der Waals surface area contributed by atoms with E-state index in [2.05, 4.69) is 19.2 Å². The van der Waals surface area contributed by atoms with E-state index in [-0.39, 0.29) is 12.1 Å². The van der Waals surface area contributed by atoms with Crippen molar-refractivity contribution >= 4 is 0 Å². The molecule has 0 aromatic heterocycles. The van der Waals surface area contributed by atoms with Gasteiger partial charge in [-0.2, -0.15) is 0 Å². The lowest BCUT2D eigenvalue weighted by atomic mass is 10.1. The second-order valence-electron chi connectivity index (χ2n) is 5.43. The first-order chi connectivity index (χ1) is 9.47. The molecule has 0 saturated carbocycles. The van der Waals surface area contributed by atoms with Crippen LogP contribution in [0.4, 0.5) is 8.78 Å². The zero-order valence-corrected chi connectivity index (χ0v) is 12.7. The fraction of sp³-hybridized carbons (Fsp3) is 0.625. The minimum absolute atomic E-state index is 0.0811. The maximum Gasteiger partial charge on any atom is 0.163 e. The molecule has 0 aliphatic rings. The molecule has 1 aromatic rings. The van der Waals surface area contributed by atoms with E-state index in [0.717, 1.165) is 19.0 Å². The number of benzene rings is 1. The van der Waals surface area contributed by atoms with Crippen LogP contribution in [0, 0.1) is 17.6 Å². The summed E-state index contributed by atoms with van der Waals surface area (Å²) in [4.78, 5) is 0. The van der Waals surface area contributed by atoms with Gasteiger partial charge in [0.2, 0.25) is 0 Å². The van der Waals surface area contributed by atoms with Crippen molar-refractivity contribution in [2.75, 3.05) is 13.2 Å². The number of hydrogen-bond acceptors (Lipinski definition) is 2. The van der Waals surface area contributed by atoms with Crippen LogP contribution >= 0.6 is 0 Å². The van der Waals surface area contributed by atoms with E-state index in [9.17, 15) is 8.78 Å². The topological polar surface area (TPSA) is 21.3 Å². The Morgan fingerprint density at radius 2 is 1.90 bits per heavy atom. The van der Waals surface area contributed by atoms with E-state index in [1.807, 2.05) is 13.8 Å². The van der Waals surface area contributed by atoms with Crippen LogP contribution in [0.15, 0.2) is 18.2 Å². The predicted molar refractivity (Wildman–Crippen MR) is 77.6 cm³/mol. The van der Waals surface area contributed by atoms with E-state index in [1.54, 1.807) is 6.07 Å². The van der Waals surface area contributed by atoms with Gasteiger partial charge in [-0.15, -0.1) is 0 Å². The molecular formula is C16H25F2NO. The van der Waals surface area contributed by atoms with E-state index in [1.165, 1.54) is 6.07 Å². The Kier molecular flexibility index (Phi) is 7.10. The molecule has 1 rings (SSSR count). The van der Waals surface area contributed by atoms with Crippen molar-refractivity contribution in [3.05, 3.63) is 35.4 Å². The van der Waals surface area contributed by atoms with Crippen LogP contribution in [0.25, 0.3) is 0 Å². The fourth-order valence-corrected chi connectivity index (χ4v) is 1.81. The van der Waals surface area contributed by atoms with Gasteiger partial charge in [0.1, 0.15) is 0 Å². The van der Waals surface area contributed by atoms with Crippen LogP contribution in [0.5, 0.6) is 0 Å². The third-order valence-corrected chi connectivity index (χ3v) is 3.46. The summed E-state index contributed by atoms with van der Waals surface area (Å²) in [6, 6.07) is 3.94. The summed E-state index contributed by atoms with van der Waals surface area (Å²) in [5.41, 5.74) is 0.328. The summed E-state index contributed by atoms with van der Waals surface area (Å²) in [6.45, 7) is 9.23. The molecule has 2 atom stereocenters. The van der Waals surface area contributed by atoms with Crippen molar-refractivity contribution in [3.8, 4) is 0 Å². The number of nitrogens with one attached hydrogen (secondary N) is 1. The van der Waals surface area contributed by atoms with Crippen LogP contribution in [-0.4, -0.2) is 19.3 Å². The van der Waals surface area contributed by atoms with Crippen molar-refractivity contribution in [1.82, 2.24) is 5.32 Å². The Balaban J connectivity index is 2.80. The van der Waals surface area contributed by atoms with Crippen molar-refractivity contribution in [2.24, 2.45) is 5.92 Å².